The van der Waals surface area contributed by atoms with Crippen molar-refractivity contribution in [3.8, 4) is 0 Å². The summed E-state index contributed by atoms with van der Waals surface area (Å²) in [6.45, 7) is 7.01. The molecule has 21 heavy (non-hydrogen) atoms. The van der Waals surface area contributed by atoms with Gasteiger partial charge in [0.25, 0.3) is 0 Å². The quantitative estimate of drug-likeness (QED) is 0.842. The summed E-state index contributed by atoms with van der Waals surface area (Å²) >= 11 is 0. The Hall–Kier alpha value is -1.38. The molecule has 0 N–H and O–H groups in total. The molecule has 0 aliphatic carbocycles. The Morgan fingerprint density at radius 3 is 2.52 bits per heavy atom. The summed E-state index contributed by atoms with van der Waals surface area (Å²) in [5.74, 6) is 0. The van der Waals surface area contributed by atoms with Crippen molar-refractivity contribution in [1.82, 2.24) is 9.80 Å². The first-order valence-corrected chi connectivity index (χ1v) is 8.17. The highest BCUT2D eigenvalue weighted by Crippen LogP contribution is 2.22. The summed E-state index contributed by atoms with van der Waals surface area (Å²) in [6, 6.07) is 16.1. The van der Waals surface area contributed by atoms with E-state index in [1.807, 2.05) is 0 Å². The van der Waals surface area contributed by atoms with Gasteiger partial charge in [0.2, 0.25) is 0 Å². The van der Waals surface area contributed by atoms with E-state index in [2.05, 4.69) is 66.2 Å². The van der Waals surface area contributed by atoms with E-state index < -0.39 is 0 Å². The van der Waals surface area contributed by atoms with E-state index in [1.165, 1.54) is 48.8 Å². The van der Waals surface area contributed by atoms with Gasteiger partial charge in [-0.25, -0.2) is 0 Å². The molecule has 0 aromatic heterocycles. The van der Waals surface area contributed by atoms with Gasteiger partial charge in [-0.15, -0.1) is 0 Å². The summed E-state index contributed by atoms with van der Waals surface area (Å²) < 4.78 is 0. The molecule has 1 fully saturated rings. The topological polar surface area (TPSA) is 6.48 Å². The van der Waals surface area contributed by atoms with Crippen molar-refractivity contribution < 1.29 is 0 Å². The van der Waals surface area contributed by atoms with Crippen LogP contribution < -0.4 is 0 Å². The highest BCUT2D eigenvalue weighted by Gasteiger charge is 2.21. The van der Waals surface area contributed by atoms with Crippen molar-refractivity contribution >= 4 is 10.8 Å². The van der Waals surface area contributed by atoms with Crippen LogP contribution in [0.3, 0.4) is 0 Å². The van der Waals surface area contributed by atoms with Gasteiger partial charge in [-0.05, 0) is 55.9 Å². The summed E-state index contributed by atoms with van der Waals surface area (Å²) in [6.07, 6.45) is 2.60. The number of rotatable bonds is 4. The van der Waals surface area contributed by atoms with Gasteiger partial charge in [0.05, 0.1) is 0 Å². The number of piperidine rings is 1. The van der Waals surface area contributed by atoms with Gasteiger partial charge in [-0.2, -0.15) is 0 Å². The molecule has 0 unspecified atom stereocenters. The molecule has 1 saturated heterocycles. The highest BCUT2D eigenvalue weighted by molar-refractivity contribution is 5.85. The number of nitrogens with zero attached hydrogens (tertiary/aromatic N) is 2. The molecule has 2 aromatic rings. The zero-order valence-corrected chi connectivity index (χ0v) is 13.3. The number of hydrogen-bond acceptors (Lipinski definition) is 2. The molecular weight excluding hydrogens is 256 g/mol. The van der Waals surface area contributed by atoms with Crippen LogP contribution in [-0.2, 0) is 6.54 Å². The Bertz CT molecular complexity index is 580. The van der Waals surface area contributed by atoms with E-state index in [0.29, 0.717) is 0 Å². The second-order valence-corrected chi connectivity index (χ2v) is 6.22. The SMILES string of the molecule is CCN1CCC(N(C)Cc2cccc3ccccc23)CC1. The molecule has 0 saturated carbocycles. The lowest BCUT2D eigenvalue weighted by atomic mass is 10.0. The van der Waals surface area contributed by atoms with Crippen LogP contribution in [0.1, 0.15) is 25.3 Å². The van der Waals surface area contributed by atoms with Crippen LogP contribution in [0.25, 0.3) is 10.8 Å². The van der Waals surface area contributed by atoms with Gasteiger partial charge in [0, 0.05) is 12.6 Å². The molecule has 3 rings (SSSR count). The van der Waals surface area contributed by atoms with Crippen LogP contribution in [0, 0.1) is 0 Å². The summed E-state index contributed by atoms with van der Waals surface area (Å²) in [4.78, 5) is 5.11. The first kappa shape index (κ1) is 14.6. The Labute approximate surface area is 128 Å². The fourth-order valence-corrected chi connectivity index (χ4v) is 3.50. The third-order valence-corrected chi connectivity index (χ3v) is 4.93. The Kier molecular flexibility index (Phi) is 4.57. The zero-order chi connectivity index (χ0) is 14.7. The lowest BCUT2D eigenvalue weighted by Crippen LogP contribution is -2.42. The van der Waals surface area contributed by atoms with Crippen molar-refractivity contribution in [1.29, 1.82) is 0 Å². The van der Waals surface area contributed by atoms with Crippen molar-refractivity contribution in [3.63, 3.8) is 0 Å². The largest absolute Gasteiger partial charge is 0.303 e. The van der Waals surface area contributed by atoms with Crippen molar-refractivity contribution in [2.75, 3.05) is 26.7 Å². The van der Waals surface area contributed by atoms with E-state index in [4.69, 9.17) is 0 Å². The van der Waals surface area contributed by atoms with E-state index in [-0.39, 0.29) is 0 Å². The number of benzene rings is 2. The maximum atomic E-state index is 2.56. The Morgan fingerprint density at radius 2 is 1.76 bits per heavy atom. The van der Waals surface area contributed by atoms with E-state index in [9.17, 15) is 0 Å². The molecule has 0 radical (unpaired) electrons. The molecule has 0 spiro atoms. The van der Waals surface area contributed by atoms with Gasteiger partial charge in [-0.3, -0.25) is 4.90 Å². The van der Waals surface area contributed by atoms with Crippen molar-refractivity contribution in [3.05, 3.63) is 48.0 Å². The molecule has 112 valence electrons. The van der Waals surface area contributed by atoms with Crippen LogP contribution >= 0.6 is 0 Å². The highest BCUT2D eigenvalue weighted by atomic mass is 15.2. The van der Waals surface area contributed by atoms with Gasteiger partial charge in [0.15, 0.2) is 0 Å². The van der Waals surface area contributed by atoms with Crippen LogP contribution in [0.4, 0.5) is 0 Å². The molecule has 1 aliphatic heterocycles. The van der Waals surface area contributed by atoms with Crippen LogP contribution in [0.5, 0.6) is 0 Å². The molecule has 0 atom stereocenters. The molecule has 0 amide bonds. The minimum atomic E-state index is 0.728. The molecule has 2 nitrogen and oxygen atoms in total. The fourth-order valence-electron chi connectivity index (χ4n) is 3.50. The minimum absolute atomic E-state index is 0.728. The van der Waals surface area contributed by atoms with E-state index >= 15 is 0 Å². The predicted octanol–water partition coefficient (Wildman–Crippen LogP) is 3.76. The maximum Gasteiger partial charge on any atom is 0.0239 e. The lowest BCUT2D eigenvalue weighted by Gasteiger charge is -2.36. The fraction of sp³-hybridized carbons (Fsp3) is 0.474. The zero-order valence-electron chi connectivity index (χ0n) is 13.3. The van der Waals surface area contributed by atoms with Gasteiger partial charge in [-0.1, -0.05) is 49.4 Å². The number of fused-ring (bicyclic) bond motifs is 1. The second kappa shape index (κ2) is 6.59. The smallest absolute Gasteiger partial charge is 0.0239 e. The monoisotopic (exact) mass is 282 g/mol. The normalized spacial score (nSPS) is 17.7. The van der Waals surface area contributed by atoms with Crippen molar-refractivity contribution in [2.45, 2.75) is 32.4 Å². The first-order valence-electron chi connectivity index (χ1n) is 8.17. The Balaban J connectivity index is 1.70. The number of hydrogen-bond donors (Lipinski definition) is 0. The van der Waals surface area contributed by atoms with Gasteiger partial charge in [0.1, 0.15) is 0 Å². The first-order chi connectivity index (χ1) is 10.3. The minimum Gasteiger partial charge on any atom is -0.303 e. The molecule has 1 heterocycles. The number of likely N-dealkylation sites (tertiary alicyclic amines) is 1. The third-order valence-electron chi connectivity index (χ3n) is 4.93. The molecule has 2 aromatic carbocycles. The van der Waals surface area contributed by atoms with E-state index in [0.717, 1.165) is 12.6 Å². The standard InChI is InChI=1S/C19H26N2/c1-3-21-13-11-18(12-14-21)20(2)15-17-9-6-8-16-7-4-5-10-19(16)17/h4-10,18H,3,11-15H2,1-2H3. The third kappa shape index (κ3) is 3.28. The van der Waals surface area contributed by atoms with Crippen LogP contribution in [-0.4, -0.2) is 42.5 Å². The Morgan fingerprint density at radius 1 is 1.05 bits per heavy atom. The molecule has 0 bridgehead atoms. The van der Waals surface area contributed by atoms with Crippen molar-refractivity contribution in [2.24, 2.45) is 0 Å². The summed E-state index contributed by atoms with van der Waals surface area (Å²) in [7, 11) is 2.29. The average Bonchev–Trinajstić information content (AvgIpc) is 2.55. The van der Waals surface area contributed by atoms with E-state index in [1.54, 1.807) is 0 Å². The molecule has 2 heteroatoms. The maximum absolute atomic E-state index is 2.56. The average molecular weight is 282 g/mol. The predicted molar refractivity (Wildman–Crippen MR) is 90.6 cm³/mol. The summed E-state index contributed by atoms with van der Waals surface area (Å²) in [5, 5.41) is 2.75. The second-order valence-electron chi connectivity index (χ2n) is 6.22. The summed E-state index contributed by atoms with van der Waals surface area (Å²) in [5.41, 5.74) is 1.45. The molecule has 1 aliphatic rings. The van der Waals surface area contributed by atoms with Crippen LogP contribution in [0.15, 0.2) is 42.5 Å². The van der Waals surface area contributed by atoms with Gasteiger partial charge < -0.3 is 4.90 Å². The molecular formula is C19H26N2. The lowest BCUT2D eigenvalue weighted by molar-refractivity contribution is 0.127. The van der Waals surface area contributed by atoms with Gasteiger partial charge >= 0.3 is 0 Å². The van der Waals surface area contributed by atoms with Crippen LogP contribution in [0.2, 0.25) is 0 Å².